The fourth-order valence-electron chi connectivity index (χ4n) is 1.21. The van der Waals surface area contributed by atoms with E-state index in [1.54, 1.807) is 12.2 Å². The molecule has 1 rings (SSSR count). The summed E-state index contributed by atoms with van der Waals surface area (Å²) in [5.41, 5.74) is 0. The average molecular weight is 199 g/mol. The van der Waals surface area contributed by atoms with Crippen molar-refractivity contribution < 1.29 is 19.1 Å². The maximum atomic E-state index is 10.8. The molecule has 1 aliphatic heterocycles. The van der Waals surface area contributed by atoms with Gasteiger partial charge in [0.2, 0.25) is 0 Å². The molecular weight excluding hydrogens is 186 g/mol. The van der Waals surface area contributed by atoms with Crippen LogP contribution in [0, 0.1) is 0 Å². The Kier molecular flexibility index (Phi) is 3.50. The molecule has 5 nitrogen and oxygen atoms in total. The summed E-state index contributed by atoms with van der Waals surface area (Å²) in [6.07, 6.45) is 2.54. The van der Waals surface area contributed by atoms with Gasteiger partial charge in [-0.05, 0) is 13.0 Å². The van der Waals surface area contributed by atoms with Crippen molar-refractivity contribution in [2.24, 2.45) is 0 Å². The molecule has 0 saturated carbocycles. The number of esters is 1. The van der Waals surface area contributed by atoms with Gasteiger partial charge in [-0.15, -0.1) is 0 Å². The summed E-state index contributed by atoms with van der Waals surface area (Å²) < 4.78 is 9.70. The van der Waals surface area contributed by atoms with Gasteiger partial charge in [-0.25, -0.2) is 4.79 Å². The van der Waals surface area contributed by atoms with E-state index in [9.17, 15) is 9.59 Å². The van der Waals surface area contributed by atoms with Crippen molar-refractivity contribution >= 4 is 12.1 Å². The lowest BCUT2D eigenvalue weighted by atomic mass is 10.1. The lowest BCUT2D eigenvalue weighted by Crippen LogP contribution is -2.39. The van der Waals surface area contributed by atoms with Crippen molar-refractivity contribution in [2.75, 3.05) is 6.61 Å². The second-order valence-electron chi connectivity index (χ2n) is 2.95. The lowest BCUT2D eigenvalue weighted by Gasteiger charge is -2.17. The number of rotatable bonds is 3. The third-order valence-corrected chi connectivity index (χ3v) is 1.78. The predicted molar refractivity (Wildman–Crippen MR) is 48.6 cm³/mol. The van der Waals surface area contributed by atoms with E-state index in [1.807, 2.05) is 6.92 Å². The van der Waals surface area contributed by atoms with Crippen LogP contribution in [0.25, 0.3) is 0 Å². The van der Waals surface area contributed by atoms with E-state index in [-0.39, 0.29) is 18.6 Å². The minimum atomic E-state index is -0.475. The van der Waals surface area contributed by atoms with E-state index in [0.29, 0.717) is 0 Å². The quantitative estimate of drug-likeness (QED) is 0.534. The Labute approximate surface area is 82.1 Å². The summed E-state index contributed by atoms with van der Waals surface area (Å²) in [6.45, 7) is 3.36. The number of amides is 1. The second kappa shape index (κ2) is 4.64. The van der Waals surface area contributed by atoms with Crippen LogP contribution in [0.1, 0.15) is 13.8 Å². The maximum absolute atomic E-state index is 10.8. The van der Waals surface area contributed by atoms with Crippen LogP contribution in [0.3, 0.4) is 0 Å². The van der Waals surface area contributed by atoms with Gasteiger partial charge in [-0.1, -0.05) is 6.08 Å². The highest BCUT2D eigenvalue weighted by atomic mass is 16.6. The van der Waals surface area contributed by atoms with Gasteiger partial charge in [0.1, 0.15) is 18.8 Å². The van der Waals surface area contributed by atoms with Crippen LogP contribution in [0.5, 0.6) is 0 Å². The van der Waals surface area contributed by atoms with Gasteiger partial charge in [-0.3, -0.25) is 4.79 Å². The summed E-state index contributed by atoms with van der Waals surface area (Å²) in [4.78, 5) is 21.5. The second-order valence-corrected chi connectivity index (χ2v) is 2.95. The van der Waals surface area contributed by atoms with Crippen LogP contribution in [0.2, 0.25) is 0 Å². The first-order valence-corrected chi connectivity index (χ1v) is 4.37. The van der Waals surface area contributed by atoms with Crippen LogP contribution in [-0.2, 0) is 14.3 Å². The molecule has 0 bridgehead atoms. The summed E-state index contributed by atoms with van der Waals surface area (Å²) in [6, 6.07) is -0.289. The highest BCUT2D eigenvalue weighted by molar-refractivity contribution is 5.70. The third kappa shape index (κ3) is 2.76. The lowest BCUT2D eigenvalue weighted by molar-refractivity contribution is -0.145. The van der Waals surface area contributed by atoms with E-state index < -0.39 is 12.2 Å². The van der Waals surface area contributed by atoms with E-state index in [0.717, 1.165) is 0 Å². The van der Waals surface area contributed by atoms with Crippen LogP contribution in [-0.4, -0.2) is 30.8 Å². The Morgan fingerprint density at radius 1 is 1.79 bits per heavy atom. The molecule has 1 N–H and O–H groups in total. The van der Waals surface area contributed by atoms with Crippen LogP contribution < -0.4 is 5.32 Å². The number of hydrogen-bond acceptors (Lipinski definition) is 4. The minimum absolute atomic E-state index is 0.223. The van der Waals surface area contributed by atoms with Gasteiger partial charge in [-0.2, -0.15) is 0 Å². The molecule has 1 fully saturated rings. The molecule has 0 radical (unpaired) electrons. The Morgan fingerprint density at radius 3 is 2.93 bits per heavy atom. The zero-order valence-electron chi connectivity index (χ0n) is 8.15. The van der Waals surface area contributed by atoms with Gasteiger partial charge in [0.25, 0.3) is 0 Å². The molecule has 0 unspecified atom stereocenters. The zero-order valence-corrected chi connectivity index (χ0v) is 8.15. The molecule has 0 aromatic carbocycles. The smallest absolute Gasteiger partial charge is 0.407 e. The third-order valence-electron chi connectivity index (χ3n) is 1.78. The number of carbonyl (C=O) groups is 2. The van der Waals surface area contributed by atoms with E-state index in [2.05, 4.69) is 5.32 Å². The van der Waals surface area contributed by atoms with Crippen molar-refractivity contribution in [3.05, 3.63) is 12.2 Å². The normalized spacial score (nSPS) is 23.0. The molecule has 0 aliphatic carbocycles. The molecule has 0 aromatic rings. The van der Waals surface area contributed by atoms with E-state index >= 15 is 0 Å². The standard InChI is InChI=1S/C9H13NO4/c1-3-4-8(14-6(2)11)7-5-13-9(12)10-7/h3-4,7-8H,5H2,1-2H3,(H,10,12)/b4-3-/t7-,8-/m1/s1. The Bertz CT molecular complexity index is 262. The Hall–Kier alpha value is -1.52. The Morgan fingerprint density at radius 2 is 2.50 bits per heavy atom. The fourth-order valence-corrected chi connectivity index (χ4v) is 1.21. The first-order chi connectivity index (χ1) is 6.63. The largest absolute Gasteiger partial charge is 0.456 e. The van der Waals surface area contributed by atoms with Gasteiger partial charge in [0.05, 0.1) is 0 Å². The Balaban J connectivity index is 2.58. The first kappa shape index (κ1) is 10.6. The number of cyclic esters (lactones) is 1. The monoisotopic (exact) mass is 199 g/mol. The predicted octanol–water partition coefficient (Wildman–Crippen LogP) is 0.603. The number of allylic oxidation sites excluding steroid dienone is 1. The van der Waals surface area contributed by atoms with Gasteiger partial charge >= 0.3 is 12.1 Å². The van der Waals surface area contributed by atoms with Gasteiger partial charge in [0.15, 0.2) is 0 Å². The number of nitrogens with one attached hydrogen (secondary N) is 1. The molecule has 2 atom stereocenters. The van der Waals surface area contributed by atoms with Crippen molar-refractivity contribution in [1.29, 1.82) is 0 Å². The van der Waals surface area contributed by atoms with Crippen molar-refractivity contribution in [3.63, 3.8) is 0 Å². The average Bonchev–Trinajstić information content (AvgIpc) is 2.50. The molecule has 1 amide bonds. The molecule has 78 valence electrons. The van der Waals surface area contributed by atoms with Crippen molar-refractivity contribution in [3.8, 4) is 0 Å². The zero-order chi connectivity index (χ0) is 10.6. The fraction of sp³-hybridized carbons (Fsp3) is 0.556. The molecule has 1 heterocycles. The topological polar surface area (TPSA) is 64.6 Å². The van der Waals surface area contributed by atoms with Crippen molar-refractivity contribution in [1.82, 2.24) is 5.32 Å². The number of hydrogen-bond donors (Lipinski definition) is 1. The van der Waals surface area contributed by atoms with Crippen LogP contribution in [0.15, 0.2) is 12.2 Å². The summed E-state index contributed by atoms with van der Waals surface area (Å²) in [5.74, 6) is -0.380. The molecule has 0 spiro atoms. The van der Waals surface area contributed by atoms with Gasteiger partial charge in [0, 0.05) is 6.92 Å². The number of carbonyl (C=O) groups excluding carboxylic acids is 2. The first-order valence-electron chi connectivity index (χ1n) is 4.37. The summed E-state index contributed by atoms with van der Waals surface area (Å²) in [5, 5.41) is 2.55. The number of alkyl carbamates (subject to hydrolysis) is 1. The number of ether oxygens (including phenoxy) is 2. The van der Waals surface area contributed by atoms with E-state index in [4.69, 9.17) is 9.47 Å². The molecule has 0 aromatic heterocycles. The molecule has 1 saturated heterocycles. The molecule has 5 heteroatoms. The SMILES string of the molecule is C/C=C\[C@@H](OC(C)=O)[C@H]1COC(=O)N1. The van der Waals surface area contributed by atoms with Crippen molar-refractivity contribution in [2.45, 2.75) is 26.0 Å². The van der Waals surface area contributed by atoms with Crippen LogP contribution >= 0.6 is 0 Å². The molecular formula is C9H13NO4. The maximum Gasteiger partial charge on any atom is 0.407 e. The highest BCUT2D eigenvalue weighted by Crippen LogP contribution is 2.08. The summed E-state index contributed by atoms with van der Waals surface area (Å²) in [7, 11) is 0. The van der Waals surface area contributed by atoms with Crippen LogP contribution in [0.4, 0.5) is 4.79 Å². The molecule has 1 aliphatic rings. The van der Waals surface area contributed by atoms with E-state index in [1.165, 1.54) is 6.92 Å². The minimum Gasteiger partial charge on any atom is -0.456 e. The van der Waals surface area contributed by atoms with Gasteiger partial charge < -0.3 is 14.8 Å². The summed E-state index contributed by atoms with van der Waals surface area (Å²) >= 11 is 0. The molecule has 14 heavy (non-hydrogen) atoms. The highest BCUT2D eigenvalue weighted by Gasteiger charge is 2.30.